The monoisotopic (exact) mass is 206 g/mol. The van der Waals surface area contributed by atoms with E-state index < -0.39 is 0 Å². The van der Waals surface area contributed by atoms with Gasteiger partial charge in [-0.1, -0.05) is 11.6 Å². The molecule has 0 amide bonds. The summed E-state index contributed by atoms with van der Waals surface area (Å²) in [6.07, 6.45) is 3.12. The van der Waals surface area contributed by atoms with Gasteiger partial charge in [-0.2, -0.15) is 0 Å². The normalized spacial score (nSPS) is 10.1. The van der Waals surface area contributed by atoms with Crippen LogP contribution in [-0.2, 0) is 0 Å². The molecule has 2 heterocycles. The average molecular weight is 207 g/mol. The van der Waals surface area contributed by atoms with E-state index in [-0.39, 0.29) is 5.75 Å². The maximum atomic E-state index is 9.50. The first-order valence-electron chi connectivity index (χ1n) is 4.03. The van der Waals surface area contributed by atoms with Gasteiger partial charge < -0.3 is 5.11 Å². The summed E-state index contributed by atoms with van der Waals surface area (Å²) in [6, 6.07) is 6.65. The Hall–Kier alpha value is -1.61. The standard InChI is InChI=1S/C10H7ClN2O/c11-7-3-4-8(13-6-7)10-9(14)2-1-5-12-10/h1-6,14H. The van der Waals surface area contributed by atoms with Crippen molar-refractivity contribution >= 4 is 11.6 Å². The summed E-state index contributed by atoms with van der Waals surface area (Å²) < 4.78 is 0. The molecule has 0 saturated heterocycles. The van der Waals surface area contributed by atoms with Crippen LogP contribution in [0.2, 0.25) is 5.02 Å². The van der Waals surface area contributed by atoms with Crippen molar-refractivity contribution < 1.29 is 5.11 Å². The van der Waals surface area contributed by atoms with E-state index in [0.29, 0.717) is 16.4 Å². The van der Waals surface area contributed by atoms with Crippen molar-refractivity contribution in [3.8, 4) is 17.1 Å². The molecule has 2 aromatic heterocycles. The van der Waals surface area contributed by atoms with Gasteiger partial charge in [-0.3, -0.25) is 9.97 Å². The van der Waals surface area contributed by atoms with Gasteiger partial charge in [-0.25, -0.2) is 0 Å². The number of hydrogen-bond acceptors (Lipinski definition) is 3. The van der Waals surface area contributed by atoms with Crippen LogP contribution in [0.5, 0.6) is 5.75 Å². The molecule has 70 valence electrons. The number of hydrogen-bond donors (Lipinski definition) is 1. The first-order chi connectivity index (χ1) is 6.77. The molecular formula is C10H7ClN2O. The third-order valence-corrected chi connectivity index (χ3v) is 1.98. The Bertz CT molecular complexity index is 442. The van der Waals surface area contributed by atoms with Crippen molar-refractivity contribution in [3.05, 3.63) is 41.7 Å². The molecule has 0 bridgehead atoms. The molecule has 0 spiro atoms. The van der Waals surface area contributed by atoms with Gasteiger partial charge in [0.05, 0.1) is 10.7 Å². The second-order valence-corrected chi connectivity index (χ2v) is 3.17. The van der Waals surface area contributed by atoms with Crippen LogP contribution in [0.15, 0.2) is 36.7 Å². The number of aromatic nitrogens is 2. The summed E-state index contributed by atoms with van der Waals surface area (Å²) >= 11 is 5.69. The van der Waals surface area contributed by atoms with Crippen LogP contribution < -0.4 is 0 Å². The summed E-state index contributed by atoms with van der Waals surface area (Å²) in [7, 11) is 0. The molecule has 0 atom stereocenters. The molecule has 0 aliphatic heterocycles. The van der Waals surface area contributed by atoms with Gasteiger partial charge >= 0.3 is 0 Å². The van der Waals surface area contributed by atoms with E-state index in [4.69, 9.17) is 11.6 Å². The zero-order valence-corrected chi connectivity index (χ0v) is 7.94. The molecule has 2 aromatic rings. The van der Waals surface area contributed by atoms with Gasteiger partial charge in [0, 0.05) is 12.4 Å². The van der Waals surface area contributed by atoms with E-state index in [2.05, 4.69) is 9.97 Å². The molecule has 2 rings (SSSR count). The highest BCUT2D eigenvalue weighted by molar-refractivity contribution is 6.30. The van der Waals surface area contributed by atoms with Crippen LogP contribution in [0.25, 0.3) is 11.4 Å². The van der Waals surface area contributed by atoms with Crippen molar-refractivity contribution in [2.24, 2.45) is 0 Å². The number of halogens is 1. The highest BCUT2D eigenvalue weighted by Crippen LogP contribution is 2.24. The van der Waals surface area contributed by atoms with Crippen LogP contribution >= 0.6 is 11.6 Å². The molecule has 0 aromatic carbocycles. The van der Waals surface area contributed by atoms with E-state index in [1.807, 2.05) is 0 Å². The number of pyridine rings is 2. The Morgan fingerprint density at radius 3 is 2.64 bits per heavy atom. The minimum atomic E-state index is 0.113. The van der Waals surface area contributed by atoms with Gasteiger partial charge in [-0.15, -0.1) is 0 Å². The summed E-state index contributed by atoms with van der Waals surface area (Å²) in [5, 5.41) is 10.1. The maximum absolute atomic E-state index is 9.50. The Morgan fingerprint density at radius 2 is 2.00 bits per heavy atom. The highest BCUT2D eigenvalue weighted by atomic mass is 35.5. The van der Waals surface area contributed by atoms with Crippen molar-refractivity contribution in [1.29, 1.82) is 0 Å². The number of aromatic hydroxyl groups is 1. The highest BCUT2D eigenvalue weighted by Gasteiger charge is 2.05. The van der Waals surface area contributed by atoms with Crippen LogP contribution in [0.3, 0.4) is 0 Å². The van der Waals surface area contributed by atoms with Crippen LogP contribution in [0.4, 0.5) is 0 Å². The van der Waals surface area contributed by atoms with E-state index in [9.17, 15) is 5.11 Å². The first-order valence-corrected chi connectivity index (χ1v) is 4.41. The molecule has 4 heteroatoms. The largest absolute Gasteiger partial charge is 0.506 e. The van der Waals surface area contributed by atoms with Gasteiger partial charge in [0.1, 0.15) is 11.4 Å². The molecular weight excluding hydrogens is 200 g/mol. The maximum Gasteiger partial charge on any atom is 0.143 e. The van der Waals surface area contributed by atoms with Crippen LogP contribution in [0.1, 0.15) is 0 Å². The SMILES string of the molecule is Oc1cccnc1-c1ccc(Cl)cn1. The molecule has 1 N–H and O–H groups in total. The number of rotatable bonds is 1. The summed E-state index contributed by atoms with van der Waals surface area (Å²) in [5.41, 5.74) is 1.07. The molecule has 0 fully saturated rings. The lowest BCUT2D eigenvalue weighted by atomic mass is 10.2. The average Bonchev–Trinajstić information content (AvgIpc) is 2.20. The van der Waals surface area contributed by atoms with Gasteiger partial charge in [0.2, 0.25) is 0 Å². The van der Waals surface area contributed by atoms with Gasteiger partial charge in [0.15, 0.2) is 0 Å². The van der Waals surface area contributed by atoms with E-state index in [0.717, 1.165) is 0 Å². The van der Waals surface area contributed by atoms with Gasteiger partial charge in [-0.05, 0) is 24.3 Å². The molecule has 0 unspecified atom stereocenters. The Kier molecular flexibility index (Phi) is 2.33. The molecule has 3 nitrogen and oxygen atoms in total. The lowest BCUT2D eigenvalue weighted by Crippen LogP contribution is -1.86. The van der Waals surface area contributed by atoms with Gasteiger partial charge in [0.25, 0.3) is 0 Å². The summed E-state index contributed by atoms with van der Waals surface area (Å²) in [4.78, 5) is 8.08. The smallest absolute Gasteiger partial charge is 0.143 e. The molecule has 14 heavy (non-hydrogen) atoms. The fourth-order valence-corrected chi connectivity index (χ4v) is 1.22. The Morgan fingerprint density at radius 1 is 1.14 bits per heavy atom. The predicted molar refractivity (Wildman–Crippen MR) is 54.1 cm³/mol. The quantitative estimate of drug-likeness (QED) is 0.780. The fourth-order valence-electron chi connectivity index (χ4n) is 1.11. The first kappa shape index (κ1) is 8.97. The van der Waals surface area contributed by atoms with Crippen molar-refractivity contribution in [2.75, 3.05) is 0 Å². The van der Waals surface area contributed by atoms with E-state index in [1.165, 1.54) is 6.20 Å². The Balaban J connectivity index is 2.50. The minimum Gasteiger partial charge on any atom is -0.506 e. The second-order valence-electron chi connectivity index (χ2n) is 2.73. The zero-order valence-electron chi connectivity index (χ0n) is 7.18. The van der Waals surface area contributed by atoms with Crippen molar-refractivity contribution in [2.45, 2.75) is 0 Å². The summed E-state index contributed by atoms with van der Waals surface area (Å²) in [5.74, 6) is 0.113. The second kappa shape index (κ2) is 3.64. The van der Waals surface area contributed by atoms with Crippen molar-refractivity contribution in [1.82, 2.24) is 9.97 Å². The molecule has 0 aliphatic rings. The molecule has 0 saturated carbocycles. The Labute approximate surface area is 86.0 Å². The van der Waals surface area contributed by atoms with E-state index in [1.54, 1.807) is 30.5 Å². The third kappa shape index (κ3) is 1.67. The fraction of sp³-hybridized carbons (Fsp3) is 0. The predicted octanol–water partition coefficient (Wildman–Crippen LogP) is 2.50. The molecule has 0 radical (unpaired) electrons. The summed E-state index contributed by atoms with van der Waals surface area (Å²) in [6.45, 7) is 0. The lowest BCUT2D eigenvalue weighted by Gasteiger charge is -2.01. The lowest BCUT2D eigenvalue weighted by molar-refractivity contribution is 0.475. The van der Waals surface area contributed by atoms with Crippen molar-refractivity contribution in [3.63, 3.8) is 0 Å². The van der Waals surface area contributed by atoms with Crippen LogP contribution in [0, 0.1) is 0 Å². The van der Waals surface area contributed by atoms with Crippen LogP contribution in [-0.4, -0.2) is 15.1 Å². The topological polar surface area (TPSA) is 46.0 Å². The zero-order chi connectivity index (χ0) is 9.97. The molecule has 0 aliphatic carbocycles. The third-order valence-electron chi connectivity index (χ3n) is 1.76. The minimum absolute atomic E-state index is 0.113. The number of nitrogens with zero attached hydrogens (tertiary/aromatic N) is 2. The van der Waals surface area contributed by atoms with E-state index >= 15 is 0 Å².